The summed E-state index contributed by atoms with van der Waals surface area (Å²) < 4.78 is 14.1. The Morgan fingerprint density at radius 2 is 1.70 bits per heavy atom. The molecule has 0 spiro atoms. The third-order valence-electron chi connectivity index (χ3n) is 3.14. The Kier molecular flexibility index (Phi) is 5.58. The molecule has 0 radical (unpaired) electrons. The number of hydrogen-bond donors (Lipinski definition) is 1. The number of aliphatic hydroxyl groups excluding tert-OH is 1. The summed E-state index contributed by atoms with van der Waals surface area (Å²) in [7, 11) is 0. The molecule has 1 atom stereocenters. The van der Waals surface area contributed by atoms with Gasteiger partial charge in [-0.25, -0.2) is 4.39 Å². The van der Waals surface area contributed by atoms with E-state index >= 15 is 0 Å². The van der Waals surface area contributed by atoms with Gasteiger partial charge in [-0.1, -0.05) is 39.7 Å². The maximum atomic E-state index is 13.3. The van der Waals surface area contributed by atoms with Gasteiger partial charge in [0.15, 0.2) is 0 Å². The van der Waals surface area contributed by atoms with Gasteiger partial charge in [0.1, 0.15) is 5.82 Å². The van der Waals surface area contributed by atoms with Gasteiger partial charge < -0.3 is 5.11 Å². The van der Waals surface area contributed by atoms with Crippen LogP contribution in [0.1, 0.15) is 11.1 Å². The molecule has 0 heterocycles. The van der Waals surface area contributed by atoms with E-state index in [1.54, 1.807) is 0 Å². The molecule has 0 saturated heterocycles. The second kappa shape index (κ2) is 7.21. The van der Waals surface area contributed by atoms with Crippen molar-refractivity contribution in [2.75, 3.05) is 6.61 Å². The van der Waals surface area contributed by atoms with E-state index < -0.39 is 0 Å². The average Bonchev–Trinajstić information content (AvgIpc) is 2.39. The van der Waals surface area contributed by atoms with Crippen molar-refractivity contribution in [3.63, 3.8) is 0 Å². The fraction of sp³-hybridized carbons (Fsp3) is 0.250. The average molecular weight is 358 g/mol. The molecule has 2 rings (SSSR count). The summed E-state index contributed by atoms with van der Waals surface area (Å²) in [5, 5.41) is 10.2. The zero-order chi connectivity index (χ0) is 14.5. The van der Waals surface area contributed by atoms with Crippen LogP contribution in [0.25, 0.3) is 0 Å². The highest BCUT2D eigenvalue weighted by atomic mass is 79.9. The first-order valence-electron chi connectivity index (χ1n) is 6.37. The van der Waals surface area contributed by atoms with Crippen LogP contribution in [0.4, 0.5) is 4.39 Å². The number of rotatable bonds is 5. The summed E-state index contributed by atoms with van der Waals surface area (Å²) in [6.45, 7) is 0.0662. The van der Waals surface area contributed by atoms with Gasteiger partial charge in [-0.05, 0) is 60.2 Å². The summed E-state index contributed by atoms with van der Waals surface area (Å²) in [4.78, 5) is 0. The molecule has 0 fully saturated rings. The fourth-order valence-corrected chi connectivity index (χ4v) is 2.86. The fourth-order valence-electron chi connectivity index (χ4n) is 2.22. The van der Waals surface area contributed by atoms with E-state index in [4.69, 9.17) is 11.6 Å². The number of benzene rings is 2. The Hall–Kier alpha value is -0.900. The second-order valence-electron chi connectivity index (χ2n) is 4.86. The van der Waals surface area contributed by atoms with Gasteiger partial charge in [-0.3, -0.25) is 0 Å². The molecule has 1 nitrogen and oxygen atoms in total. The van der Waals surface area contributed by atoms with E-state index in [9.17, 15) is 9.50 Å². The summed E-state index contributed by atoms with van der Waals surface area (Å²) in [6, 6.07) is 12.4. The highest BCUT2D eigenvalue weighted by Gasteiger charge is 2.11. The smallest absolute Gasteiger partial charge is 0.124 e. The van der Waals surface area contributed by atoms with Crippen LogP contribution in [-0.2, 0) is 12.8 Å². The Morgan fingerprint density at radius 3 is 2.30 bits per heavy atom. The van der Waals surface area contributed by atoms with E-state index in [1.807, 2.05) is 30.3 Å². The molecule has 0 aliphatic heterocycles. The number of halogens is 3. The quantitative estimate of drug-likeness (QED) is 0.827. The second-order valence-corrected chi connectivity index (χ2v) is 6.21. The van der Waals surface area contributed by atoms with Crippen molar-refractivity contribution in [3.05, 3.63) is 68.9 Å². The third-order valence-corrected chi connectivity index (χ3v) is 3.85. The first-order valence-corrected chi connectivity index (χ1v) is 7.54. The molecule has 1 N–H and O–H groups in total. The maximum Gasteiger partial charge on any atom is 0.124 e. The topological polar surface area (TPSA) is 20.2 Å². The SMILES string of the molecule is OCC(Cc1ccc(Cl)cc1)Cc1cc(F)cc(Br)c1. The summed E-state index contributed by atoms with van der Waals surface area (Å²) in [5.74, 6) is -0.206. The van der Waals surface area contributed by atoms with E-state index in [1.165, 1.54) is 12.1 Å². The van der Waals surface area contributed by atoms with Crippen molar-refractivity contribution in [2.45, 2.75) is 12.8 Å². The minimum atomic E-state index is -0.266. The minimum absolute atomic E-state index is 0.0601. The Labute approximate surface area is 131 Å². The van der Waals surface area contributed by atoms with Crippen molar-refractivity contribution in [3.8, 4) is 0 Å². The normalized spacial score (nSPS) is 12.4. The lowest BCUT2D eigenvalue weighted by atomic mass is 9.93. The van der Waals surface area contributed by atoms with Crippen molar-refractivity contribution < 1.29 is 9.50 Å². The van der Waals surface area contributed by atoms with Crippen molar-refractivity contribution in [1.82, 2.24) is 0 Å². The number of hydrogen-bond acceptors (Lipinski definition) is 1. The highest BCUT2D eigenvalue weighted by Crippen LogP contribution is 2.20. The first-order chi connectivity index (χ1) is 9.56. The van der Waals surface area contributed by atoms with Gasteiger partial charge in [0.25, 0.3) is 0 Å². The van der Waals surface area contributed by atoms with Gasteiger partial charge in [-0.2, -0.15) is 0 Å². The van der Waals surface area contributed by atoms with Crippen LogP contribution in [0.3, 0.4) is 0 Å². The Bertz CT molecular complexity index is 551. The van der Waals surface area contributed by atoms with Crippen molar-refractivity contribution in [2.24, 2.45) is 5.92 Å². The van der Waals surface area contributed by atoms with Crippen LogP contribution in [0.15, 0.2) is 46.9 Å². The van der Waals surface area contributed by atoms with Crippen molar-refractivity contribution in [1.29, 1.82) is 0 Å². The van der Waals surface area contributed by atoms with Gasteiger partial charge in [0.05, 0.1) is 0 Å². The molecule has 1 unspecified atom stereocenters. The van der Waals surface area contributed by atoms with Crippen LogP contribution < -0.4 is 0 Å². The molecule has 0 bridgehead atoms. The van der Waals surface area contributed by atoms with Crippen LogP contribution in [-0.4, -0.2) is 11.7 Å². The zero-order valence-corrected chi connectivity index (χ0v) is 13.2. The molecular weight excluding hydrogens is 343 g/mol. The van der Waals surface area contributed by atoms with Crippen LogP contribution in [0.5, 0.6) is 0 Å². The number of aliphatic hydroxyl groups is 1. The van der Waals surface area contributed by atoms with Gasteiger partial charge in [-0.15, -0.1) is 0 Å². The largest absolute Gasteiger partial charge is 0.396 e. The predicted molar refractivity (Wildman–Crippen MR) is 83.5 cm³/mol. The van der Waals surface area contributed by atoms with Gasteiger partial charge in [0.2, 0.25) is 0 Å². The van der Waals surface area contributed by atoms with E-state index in [0.29, 0.717) is 11.4 Å². The molecule has 0 aliphatic carbocycles. The predicted octanol–water partition coefficient (Wildman–Crippen LogP) is 4.64. The van der Waals surface area contributed by atoms with Gasteiger partial charge in [0, 0.05) is 16.1 Å². The molecule has 106 valence electrons. The molecule has 20 heavy (non-hydrogen) atoms. The zero-order valence-electron chi connectivity index (χ0n) is 10.8. The highest BCUT2D eigenvalue weighted by molar-refractivity contribution is 9.10. The lowest BCUT2D eigenvalue weighted by molar-refractivity contribution is 0.225. The van der Waals surface area contributed by atoms with E-state index in [0.717, 1.165) is 22.0 Å². The van der Waals surface area contributed by atoms with Gasteiger partial charge >= 0.3 is 0 Å². The Morgan fingerprint density at radius 1 is 1.05 bits per heavy atom. The molecule has 0 aromatic heterocycles. The first kappa shape index (κ1) is 15.5. The molecular formula is C16H15BrClFO. The molecule has 0 aliphatic rings. The van der Waals surface area contributed by atoms with Crippen molar-refractivity contribution >= 4 is 27.5 Å². The molecule has 0 amide bonds. The molecule has 4 heteroatoms. The Balaban J connectivity index is 2.06. The monoisotopic (exact) mass is 356 g/mol. The molecule has 2 aromatic rings. The maximum absolute atomic E-state index is 13.3. The van der Waals surface area contributed by atoms with Crippen LogP contribution in [0.2, 0.25) is 5.02 Å². The minimum Gasteiger partial charge on any atom is -0.396 e. The summed E-state index contributed by atoms with van der Waals surface area (Å²) in [5.41, 5.74) is 1.99. The lowest BCUT2D eigenvalue weighted by Crippen LogP contribution is -2.13. The third kappa shape index (κ3) is 4.58. The van der Waals surface area contributed by atoms with Crippen LogP contribution >= 0.6 is 27.5 Å². The van der Waals surface area contributed by atoms with Crippen LogP contribution in [0, 0.1) is 11.7 Å². The molecule has 2 aromatic carbocycles. The van der Waals surface area contributed by atoms with E-state index in [2.05, 4.69) is 15.9 Å². The summed E-state index contributed by atoms with van der Waals surface area (Å²) in [6.07, 6.45) is 1.37. The van der Waals surface area contributed by atoms with E-state index in [-0.39, 0.29) is 18.3 Å². The lowest BCUT2D eigenvalue weighted by Gasteiger charge is -2.15. The standard InChI is InChI=1S/C16H15BrClFO/c17-14-7-12(8-16(19)9-14)6-13(10-20)5-11-1-3-15(18)4-2-11/h1-4,7-9,13,20H,5-6,10H2. The summed E-state index contributed by atoms with van der Waals surface area (Å²) >= 11 is 9.13. The molecule has 0 saturated carbocycles.